The lowest BCUT2D eigenvalue weighted by Gasteiger charge is -2.35. The predicted molar refractivity (Wildman–Crippen MR) is 78.7 cm³/mol. The highest BCUT2D eigenvalue weighted by Gasteiger charge is 2.26. The third-order valence-corrected chi connectivity index (χ3v) is 4.19. The maximum Gasteiger partial charge on any atom is 0.177 e. The summed E-state index contributed by atoms with van der Waals surface area (Å²) in [6.07, 6.45) is 4.61. The molecule has 4 heteroatoms. The fraction of sp³-hybridized carbons (Fsp3) is 0.786. The van der Waals surface area contributed by atoms with Crippen LogP contribution in [-0.4, -0.2) is 34.1 Å². The summed E-state index contributed by atoms with van der Waals surface area (Å²) in [5.74, 6) is 0. The molecule has 1 aliphatic rings. The van der Waals surface area contributed by atoms with Crippen LogP contribution in [0.3, 0.4) is 0 Å². The zero-order valence-electron chi connectivity index (χ0n) is 12.0. The fourth-order valence-electron chi connectivity index (χ4n) is 2.85. The van der Waals surface area contributed by atoms with Crippen LogP contribution in [0.2, 0.25) is 0 Å². The summed E-state index contributed by atoms with van der Waals surface area (Å²) >= 11 is 5.49. The van der Waals surface area contributed by atoms with Gasteiger partial charge in [0.05, 0.1) is 0 Å². The van der Waals surface area contributed by atoms with Crippen molar-refractivity contribution in [3.63, 3.8) is 0 Å². The molecule has 1 atom stereocenters. The van der Waals surface area contributed by atoms with Gasteiger partial charge in [0, 0.05) is 29.9 Å². The number of aromatic nitrogens is 2. The van der Waals surface area contributed by atoms with Crippen molar-refractivity contribution in [2.75, 3.05) is 19.6 Å². The van der Waals surface area contributed by atoms with Crippen molar-refractivity contribution in [1.82, 2.24) is 14.5 Å². The maximum absolute atomic E-state index is 5.49. The Morgan fingerprint density at radius 3 is 2.78 bits per heavy atom. The van der Waals surface area contributed by atoms with Crippen molar-refractivity contribution < 1.29 is 0 Å². The molecule has 0 saturated carbocycles. The van der Waals surface area contributed by atoms with Crippen molar-refractivity contribution in [2.45, 2.75) is 52.0 Å². The van der Waals surface area contributed by atoms with Crippen LogP contribution < -0.4 is 0 Å². The smallest absolute Gasteiger partial charge is 0.177 e. The number of H-pyrrole nitrogens is 1. The van der Waals surface area contributed by atoms with Gasteiger partial charge in [-0.2, -0.15) is 0 Å². The summed E-state index contributed by atoms with van der Waals surface area (Å²) < 4.78 is 3.24. The van der Waals surface area contributed by atoms with E-state index in [1.807, 2.05) is 0 Å². The zero-order valence-corrected chi connectivity index (χ0v) is 12.8. The van der Waals surface area contributed by atoms with E-state index in [2.05, 4.69) is 48.3 Å². The highest BCUT2D eigenvalue weighted by molar-refractivity contribution is 7.71. The van der Waals surface area contributed by atoms with Gasteiger partial charge in [-0.15, -0.1) is 0 Å². The molecule has 1 aliphatic heterocycles. The lowest BCUT2D eigenvalue weighted by Crippen LogP contribution is -2.37. The summed E-state index contributed by atoms with van der Waals surface area (Å²) in [5.41, 5.74) is 1.47. The average Bonchev–Trinajstić information content (AvgIpc) is 2.71. The minimum absolute atomic E-state index is 0.141. The van der Waals surface area contributed by atoms with E-state index in [1.54, 1.807) is 0 Å². The van der Waals surface area contributed by atoms with E-state index in [9.17, 15) is 0 Å². The lowest BCUT2D eigenvalue weighted by atomic mass is 9.91. The van der Waals surface area contributed by atoms with Crippen LogP contribution in [0, 0.1) is 4.77 Å². The molecule has 0 bridgehead atoms. The monoisotopic (exact) mass is 267 g/mol. The number of aromatic amines is 1. The number of hydrogen-bond acceptors (Lipinski definition) is 2. The third kappa shape index (κ3) is 2.69. The van der Waals surface area contributed by atoms with Crippen LogP contribution in [0.15, 0.2) is 6.20 Å². The van der Waals surface area contributed by atoms with Gasteiger partial charge in [-0.25, -0.2) is 0 Å². The maximum atomic E-state index is 5.49. The van der Waals surface area contributed by atoms with Gasteiger partial charge in [0.15, 0.2) is 4.77 Å². The number of piperidine rings is 1. The molecule has 1 saturated heterocycles. The van der Waals surface area contributed by atoms with Crippen LogP contribution >= 0.6 is 12.2 Å². The Balaban J connectivity index is 2.33. The van der Waals surface area contributed by atoms with Gasteiger partial charge < -0.3 is 14.5 Å². The molecule has 0 amide bonds. The van der Waals surface area contributed by atoms with E-state index in [0.29, 0.717) is 6.04 Å². The third-order valence-electron chi connectivity index (χ3n) is 3.87. The van der Waals surface area contributed by atoms with E-state index >= 15 is 0 Å². The number of imidazole rings is 1. The molecule has 102 valence electrons. The van der Waals surface area contributed by atoms with Gasteiger partial charge >= 0.3 is 0 Å². The minimum Gasteiger partial charge on any atom is -0.337 e. The number of nitrogens with one attached hydrogen (secondary N) is 1. The van der Waals surface area contributed by atoms with Gasteiger partial charge in [-0.05, 0) is 38.1 Å². The molecule has 1 N–H and O–H groups in total. The first-order valence-corrected chi connectivity index (χ1v) is 7.37. The van der Waals surface area contributed by atoms with E-state index in [4.69, 9.17) is 12.2 Å². The Hall–Kier alpha value is -0.610. The first kappa shape index (κ1) is 13.8. The molecule has 1 aromatic rings. The number of rotatable bonds is 2. The molecule has 18 heavy (non-hydrogen) atoms. The molecular formula is C14H25N3S. The normalized spacial score (nSPS) is 22.3. The number of likely N-dealkylation sites (tertiary alicyclic amines) is 1. The van der Waals surface area contributed by atoms with Gasteiger partial charge in [0.25, 0.3) is 0 Å². The molecule has 1 aromatic heterocycles. The van der Waals surface area contributed by atoms with Crippen LogP contribution in [-0.2, 0) is 5.41 Å². The second kappa shape index (κ2) is 5.17. The fourth-order valence-corrected chi connectivity index (χ4v) is 3.15. The topological polar surface area (TPSA) is 24.0 Å². The Morgan fingerprint density at radius 2 is 2.17 bits per heavy atom. The van der Waals surface area contributed by atoms with Crippen molar-refractivity contribution >= 4 is 12.2 Å². The second-order valence-electron chi connectivity index (χ2n) is 6.29. The van der Waals surface area contributed by atoms with Crippen molar-refractivity contribution in [3.05, 3.63) is 16.7 Å². The zero-order chi connectivity index (χ0) is 13.3. The molecule has 1 fully saturated rings. The average molecular weight is 267 g/mol. The predicted octanol–water partition coefficient (Wildman–Crippen LogP) is 3.50. The van der Waals surface area contributed by atoms with Gasteiger partial charge in [0.2, 0.25) is 0 Å². The molecular weight excluding hydrogens is 242 g/mol. The summed E-state index contributed by atoms with van der Waals surface area (Å²) in [4.78, 5) is 5.76. The largest absolute Gasteiger partial charge is 0.337 e. The summed E-state index contributed by atoms with van der Waals surface area (Å²) in [7, 11) is 0. The highest BCUT2D eigenvalue weighted by Crippen LogP contribution is 2.29. The van der Waals surface area contributed by atoms with Gasteiger partial charge in [-0.3, -0.25) is 0 Å². The Labute approximate surface area is 115 Å². The van der Waals surface area contributed by atoms with Gasteiger partial charge in [-0.1, -0.05) is 27.7 Å². The van der Waals surface area contributed by atoms with Crippen molar-refractivity contribution in [1.29, 1.82) is 0 Å². The summed E-state index contributed by atoms with van der Waals surface area (Å²) in [6, 6.07) is 0.534. The summed E-state index contributed by atoms with van der Waals surface area (Å²) in [5, 5.41) is 0. The molecule has 3 nitrogen and oxygen atoms in total. The Bertz CT molecular complexity index is 452. The van der Waals surface area contributed by atoms with E-state index < -0.39 is 0 Å². The van der Waals surface area contributed by atoms with E-state index in [1.165, 1.54) is 25.1 Å². The summed E-state index contributed by atoms with van der Waals surface area (Å²) in [6.45, 7) is 12.5. The van der Waals surface area contributed by atoms with E-state index in [-0.39, 0.29) is 5.41 Å². The standard InChI is InChI=1S/C14H25N3S/c1-5-16-8-6-7-11(10-16)17-12(14(2,3)4)9-15-13(17)18/h9,11H,5-8,10H2,1-4H3,(H,15,18). The quantitative estimate of drug-likeness (QED) is 0.829. The van der Waals surface area contributed by atoms with Crippen molar-refractivity contribution in [2.24, 2.45) is 0 Å². The molecule has 0 aliphatic carbocycles. The van der Waals surface area contributed by atoms with E-state index in [0.717, 1.165) is 17.9 Å². The van der Waals surface area contributed by atoms with Gasteiger partial charge in [0.1, 0.15) is 0 Å². The SMILES string of the molecule is CCN1CCCC(n2c(C(C)(C)C)c[nH]c2=S)C1. The van der Waals surface area contributed by atoms with Crippen molar-refractivity contribution in [3.8, 4) is 0 Å². The number of nitrogens with zero attached hydrogens (tertiary/aromatic N) is 2. The molecule has 1 unspecified atom stereocenters. The minimum atomic E-state index is 0.141. The Morgan fingerprint density at radius 1 is 1.44 bits per heavy atom. The highest BCUT2D eigenvalue weighted by atomic mass is 32.1. The first-order valence-electron chi connectivity index (χ1n) is 6.96. The molecule has 0 aromatic carbocycles. The molecule has 2 heterocycles. The number of likely N-dealkylation sites (N-methyl/N-ethyl adjacent to an activating group) is 1. The second-order valence-corrected chi connectivity index (χ2v) is 6.68. The number of hydrogen-bond donors (Lipinski definition) is 1. The molecule has 2 rings (SSSR count). The first-order chi connectivity index (χ1) is 8.43. The van der Waals surface area contributed by atoms with Crippen LogP contribution in [0.4, 0.5) is 0 Å². The van der Waals surface area contributed by atoms with Crippen LogP contribution in [0.25, 0.3) is 0 Å². The van der Waals surface area contributed by atoms with Crippen LogP contribution in [0.1, 0.15) is 52.3 Å². The van der Waals surface area contributed by atoms with Crippen LogP contribution in [0.5, 0.6) is 0 Å². The lowest BCUT2D eigenvalue weighted by molar-refractivity contribution is 0.180. The Kier molecular flexibility index (Phi) is 3.97. The molecule has 0 radical (unpaired) electrons. The molecule has 0 spiro atoms.